The minimum absolute atomic E-state index is 0.00360. The minimum Gasteiger partial charge on any atom is -0.358 e. The van der Waals surface area contributed by atoms with Gasteiger partial charge in [-0.15, -0.1) is 10.2 Å². The molecule has 0 spiro atoms. The number of amides is 1. The van der Waals surface area contributed by atoms with E-state index in [2.05, 4.69) is 20.8 Å². The fourth-order valence-electron chi connectivity index (χ4n) is 2.08. The summed E-state index contributed by atoms with van der Waals surface area (Å²) in [7, 11) is 3.61. The van der Waals surface area contributed by atoms with Crippen molar-refractivity contribution >= 4 is 17.7 Å². The van der Waals surface area contributed by atoms with Gasteiger partial charge in [-0.25, -0.2) is 0 Å². The van der Waals surface area contributed by atoms with Gasteiger partial charge in [-0.1, -0.05) is 11.8 Å². The zero-order valence-corrected chi connectivity index (χ0v) is 11.6. The molecule has 18 heavy (non-hydrogen) atoms. The smallest absolute Gasteiger partial charge is 0.230 e. The molecule has 0 radical (unpaired) electrons. The zero-order valence-electron chi connectivity index (χ0n) is 10.8. The number of rotatable bonds is 4. The van der Waals surface area contributed by atoms with Crippen LogP contribution in [0.4, 0.5) is 0 Å². The van der Waals surface area contributed by atoms with Gasteiger partial charge < -0.3 is 15.2 Å². The summed E-state index contributed by atoms with van der Waals surface area (Å²) in [6, 6.07) is 0. The van der Waals surface area contributed by atoms with Gasteiger partial charge in [-0.2, -0.15) is 0 Å². The first kappa shape index (κ1) is 13.4. The van der Waals surface area contributed by atoms with Crippen LogP contribution in [0.25, 0.3) is 0 Å². The molecule has 0 saturated carbocycles. The van der Waals surface area contributed by atoms with Crippen molar-refractivity contribution in [2.24, 2.45) is 7.05 Å². The molecular weight excluding hydrogens is 250 g/mol. The molecule has 2 rings (SSSR count). The largest absolute Gasteiger partial charge is 0.358 e. The highest BCUT2D eigenvalue weighted by molar-refractivity contribution is 7.99. The molecule has 1 unspecified atom stereocenters. The van der Waals surface area contributed by atoms with E-state index in [-0.39, 0.29) is 5.91 Å². The summed E-state index contributed by atoms with van der Waals surface area (Å²) in [5, 5.41) is 15.2. The SMILES string of the molecule is CNC(=O)CSc1nnc(C2CCCNC2)n1C. The Morgan fingerprint density at radius 2 is 2.44 bits per heavy atom. The Hall–Kier alpha value is -1.08. The molecule has 2 N–H and O–H groups in total. The summed E-state index contributed by atoms with van der Waals surface area (Å²) >= 11 is 1.42. The Morgan fingerprint density at radius 3 is 3.11 bits per heavy atom. The first-order valence-electron chi connectivity index (χ1n) is 6.15. The number of piperidine rings is 1. The number of carbonyl (C=O) groups is 1. The van der Waals surface area contributed by atoms with Gasteiger partial charge in [-0.05, 0) is 19.4 Å². The highest BCUT2D eigenvalue weighted by Crippen LogP contribution is 2.24. The fourth-order valence-corrected chi connectivity index (χ4v) is 2.87. The summed E-state index contributed by atoms with van der Waals surface area (Å²) in [5.74, 6) is 1.84. The number of thioether (sulfide) groups is 1. The second-order valence-corrected chi connectivity index (χ2v) is 5.35. The van der Waals surface area contributed by atoms with Crippen LogP contribution in [0.5, 0.6) is 0 Å². The molecule has 2 heterocycles. The molecule has 100 valence electrons. The van der Waals surface area contributed by atoms with Crippen LogP contribution >= 0.6 is 11.8 Å². The van der Waals surface area contributed by atoms with E-state index in [1.54, 1.807) is 7.05 Å². The van der Waals surface area contributed by atoms with E-state index in [9.17, 15) is 4.79 Å². The van der Waals surface area contributed by atoms with E-state index in [1.165, 1.54) is 18.2 Å². The van der Waals surface area contributed by atoms with Gasteiger partial charge in [0, 0.05) is 26.6 Å². The molecule has 0 bridgehead atoms. The van der Waals surface area contributed by atoms with Crippen LogP contribution in [0.2, 0.25) is 0 Å². The summed E-state index contributed by atoms with van der Waals surface area (Å²) in [6.07, 6.45) is 2.33. The van der Waals surface area contributed by atoms with E-state index >= 15 is 0 Å². The topological polar surface area (TPSA) is 71.8 Å². The second kappa shape index (κ2) is 6.19. The van der Waals surface area contributed by atoms with Gasteiger partial charge >= 0.3 is 0 Å². The van der Waals surface area contributed by atoms with E-state index < -0.39 is 0 Å². The maximum absolute atomic E-state index is 11.2. The molecule has 1 fully saturated rings. The second-order valence-electron chi connectivity index (χ2n) is 4.40. The Bertz CT molecular complexity index is 414. The van der Waals surface area contributed by atoms with Crippen LogP contribution in [0.1, 0.15) is 24.6 Å². The zero-order chi connectivity index (χ0) is 13.0. The van der Waals surface area contributed by atoms with Crippen molar-refractivity contribution in [3.63, 3.8) is 0 Å². The number of carbonyl (C=O) groups excluding carboxylic acids is 1. The van der Waals surface area contributed by atoms with Gasteiger partial charge in [0.25, 0.3) is 0 Å². The van der Waals surface area contributed by atoms with Gasteiger partial charge in [0.15, 0.2) is 5.16 Å². The molecule has 0 aromatic carbocycles. The summed E-state index contributed by atoms with van der Waals surface area (Å²) in [6.45, 7) is 2.05. The number of hydrogen-bond donors (Lipinski definition) is 2. The van der Waals surface area contributed by atoms with Gasteiger partial charge in [0.05, 0.1) is 5.75 Å². The van der Waals surface area contributed by atoms with E-state index in [4.69, 9.17) is 0 Å². The fraction of sp³-hybridized carbons (Fsp3) is 0.727. The third-order valence-electron chi connectivity index (χ3n) is 3.14. The van der Waals surface area contributed by atoms with Crippen molar-refractivity contribution < 1.29 is 4.79 Å². The molecule has 1 atom stereocenters. The minimum atomic E-state index is 0.00360. The average molecular weight is 269 g/mol. The number of hydrogen-bond acceptors (Lipinski definition) is 5. The lowest BCUT2D eigenvalue weighted by atomic mass is 9.99. The van der Waals surface area contributed by atoms with Crippen LogP contribution in [-0.4, -0.2) is 46.6 Å². The monoisotopic (exact) mass is 269 g/mol. The average Bonchev–Trinajstić information content (AvgIpc) is 2.78. The first-order chi connectivity index (χ1) is 8.72. The standard InChI is InChI=1S/C11H19N5OS/c1-12-9(17)7-18-11-15-14-10(16(11)2)8-4-3-5-13-6-8/h8,13H,3-7H2,1-2H3,(H,12,17). The third-order valence-corrected chi connectivity index (χ3v) is 4.16. The highest BCUT2D eigenvalue weighted by atomic mass is 32.2. The molecule has 0 aliphatic carbocycles. The number of nitrogens with one attached hydrogen (secondary N) is 2. The van der Waals surface area contributed by atoms with Crippen molar-refractivity contribution in [2.45, 2.75) is 23.9 Å². The van der Waals surface area contributed by atoms with E-state index in [0.29, 0.717) is 11.7 Å². The maximum atomic E-state index is 11.2. The number of nitrogens with zero attached hydrogens (tertiary/aromatic N) is 3. The predicted molar refractivity (Wildman–Crippen MR) is 70.6 cm³/mol. The van der Waals surface area contributed by atoms with E-state index in [0.717, 1.165) is 30.5 Å². The lowest BCUT2D eigenvalue weighted by Gasteiger charge is -2.21. The van der Waals surface area contributed by atoms with Gasteiger partial charge in [0.1, 0.15) is 5.82 Å². The lowest BCUT2D eigenvalue weighted by Crippen LogP contribution is -2.29. The lowest BCUT2D eigenvalue weighted by molar-refractivity contribution is -0.118. The van der Waals surface area contributed by atoms with E-state index in [1.807, 2.05) is 11.6 Å². The van der Waals surface area contributed by atoms with Crippen LogP contribution in [0, 0.1) is 0 Å². The van der Waals surface area contributed by atoms with Gasteiger partial charge in [0.2, 0.25) is 5.91 Å². The molecule has 1 amide bonds. The quantitative estimate of drug-likeness (QED) is 0.760. The normalized spacial score (nSPS) is 19.8. The first-order valence-corrected chi connectivity index (χ1v) is 7.14. The van der Waals surface area contributed by atoms with Crippen LogP contribution in [0.15, 0.2) is 5.16 Å². The third kappa shape index (κ3) is 3.02. The van der Waals surface area contributed by atoms with Crippen molar-refractivity contribution in [1.82, 2.24) is 25.4 Å². The van der Waals surface area contributed by atoms with Gasteiger partial charge in [-0.3, -0.25) is 4.79 Å². The summed E-state index contributed by atoms with van der Waals surface area (Å²) in [5.41, 5.74) is 0. The molecule has 1 aromatic heterocycles. The van der Waals surface area contributed by atoms with Crippen molar-refractivity contribution in [1.29, 1.82) is 0 Å². The highest BCUT2D eigenvalue weighted by Gasteiger charge is 2.21. The van der Waals surface area contributed by atoms with Crippen molar-refractivity contribution in [3.8, 4) is 0 Å². The van der Waals surface area contributed by atoms with Crippen LogP contribution < -0.4 is 10.6 Å². The van der Waals surface area contributed by atoms with Crippen LogP contribution in [-0.2, 0) is 11.8 Å². The van der Waals surface area contributed by atoms with Crippen LogP contribution in [0.3, 0.4) is 0 Å². The molecular formula is C11H19N5OS. The molecule has 6 nitrogen and oxygen atoms in total. The Kier molecular flexibility index (Phi) is 4.60. The molecule has 1 saturated heterocycles. The molecule has 7 heteroatoms. The Labute approximate surface area is 111 Å². The Balaban J connectivity index is 2.01. The predicted octanol–water partition coefficient (Wildman–Crippen LogP) is 0.120. The van der Waals surface area contributed by atoms with Crippen molar-refractivity contribution in [2.75, 3.05) is 25.9 Å². The maximum Gasteiger partial charge on any atom is 0.230 e. The molecule has 1 aromatic rings. The number of aromatic nitrogens is 3. The molecule has 1 aliphatic heterocycles. The summed E-state index contributed by atoms with van der Waals surface area (Å²) in [4.78, 5) is 11.2. The molecule has 1 aliphatic rings. The Morgan fingerprint density at radius 1 is 1.61 bits per heavy atom. The summed E-state index contributed by atoms with van der Waals surface area (Å²) < 4.78 is 2.01. The van der Waals surface area contributed by atoms with Crippen molar-refractivity contribution in [3.05, 3.63) is 5.82 Å².